The minimum Gasteiger partial charge on any atom is -0.482 e. The molecule has 2 aromatic rings. The summed E-state index contributed by atoms with van der Waals surface area (Å²) in [4.78, 5) is 27.4. The van der Waals surface area contributed by atoms with Gasteiger partial charge in [-0.2, -0.15) is 0 Å². The maximum absolute atomic E-state index is 11.8. The van der Waals surface area contributed by atoms with E-state index in [0.29, 0.717) is 34.4 Å². The summed E-state index contributed by atoms with van der Waals surface area (Å²) in [5, 5.41) is 3.48. The summed E-state index contributed by atoms with van der Waals surface area (Å²) in [6, 6.07) is 4.75. The fourth-order valence-corrected chi connectivity index (χ4v) is 2.28. The predicted molar refractivity (Wildman–Crippen MR) is 88.2 cm³/mol. The third kappa shape index (κ3) is 4.97. The minimum absolute atomic E-state index is 0.126. The number of nitrogens with one attached hydrogen (secondary N) is 1. The van der Waals surface area contributed by atoms with Gasteiger partial charge in [0.1, 0.15) is 5.75 Å². The first-order valence-electron chi connectivity index (χ1n) is 6.83. The molecule has 1 amide bonds. The number of rotatable bonds is 6. The van der Waals surface area contributed by atoms with Crippen molar-refractivity contribution in [2.75, 3.05) is 13.2 Å². The van der Waals surface area contributed by atoms with Crippen molar-refractivity contribution in [2.45, 2.75) is 13.5 Å². The van der Waals surface area contributed by atoms with Crippen LogP contribution in [0.15, 0.2) is 35.5 Å². The molecular formula is C15H15Cl2N3O3. The lowest BCUT2D eigenvalue weighted by Crippen LogP contribution is -2.34. The number of carbonyl (C=O) groups is 1. The summed E-state index contributed by atoms with van der Waals surface area (Å²) in [5.74, 6) is 0.0648. The van der Waals surface area contributed by atoms with Gasteiger partial charge in [-0.25, -0.2) is 4.98 Å². The van der Waals surface area contributed by atoms with E-state index in [0.717, 1.165) is 0 Å². The SMILES string of the molecule is Cc1cncn(CCNC(=O)COc2ccc(Cl)cc2Cl)c1=O. The number of ether oxygens (including phenoxy) is 1. The highest BCUT2D eigenvalue weighted by Crippen LogP contribution is 2.27. The lowest BCUT2D eigenvalue weighted by atomic mass is 10.3. The van der Waals surface area contributed by atoms with E-state index in [1.807, 2.05) is 0 Å². The molecule has 1 aromatic carbocycles. The zero-order chi connectivity index (χ0) is 16.8. The van der Waals surface area contributed by atoms with Crippen molar-refractivity contribution in [3.8, 4) is 5.75 Å². The first kappa shape index (κ1) is 17.3. The highest BCUT2D eigenvalue weighted by Gasteiger charge is 2.06. The quantitative estimate of drug-likeness (QED) is 0.860. The Labute approximate surface area is 143 Å². The monoisotopic (exact) mass is 355 g/mol. The van der Waals surface area contributed by atoms with Crippen molar-refractivity contribution < 1.29 is 9.53 Å². The van der Waals surface area contributed by atoms with E-state index in [-0.39, 0.29) is 18.1 Å². The van der Waals surface area contributed by atoms with Gasteiger partial charge in [0.05, 0.1) is 11.3 Å². The van der Waals surface area contributed by atoms with Gasteiger partial charge in [-0.1, -0.05) is 23.2 Å². The first-order valence-corrected chi connectivity index (χ1v) is 7.58. The van der Waals surface area contributed by atoms with Gasteiger partial charge < -0.3 is 10.1 Å². The lowest BCUT2D eigenvalue weighted by molar-refractivity contribution is -0.123. The molecule has 0 aliphatic rings. The van der Waals surface area contributed by atoms with Crippen LogP contribution in [0.3, 0.4) is 0 Å². The second-order valence-corrected chi connectivity index (χ2v) is 5.63. The van der Waals surface area contributed by atoms with Gasteiger partial charge in [0.2, 0.25) is 0 Å². The summed E-state index contributed by atoms with van der Waals surface area (Å²) in [6.07, 6.45) is 2.94. The topological polar surface area (TPSA) is 73.2 Å². The van der Waals surface area contributed by atoms with Crippen molar-refractivity contribution >= 4 is 29.1 Å². The number of halogens is 2. The van der Waals surface area contributed by atoms with Crippen LogP contribution in [0.4, 0.5) is 0 Å². The molecule has 0 bridgehead atoms. The van der Waals surface area contributed by atoms with E-state index in [1.165, 1.54) is 23.2 Å². The molecule has 0 fully saturated rings. The van der Waals surface area contributed by atoms with Crippen molar-refractivity contribution in [1.29, 1.82) is 0 Å². The van der Waals surface area contributed by atoms with Gasteiger partial charge in [-0.3, -0.25) is 14.2 Å². The zero-order valence-electron chi connectivity index (χ0n) is 12.4. The van der Waals surface area contributed by atoms with Crippen LogP contribution in [0.2, 0.25) is 10.0 Å². The Hall–Kier alpha value is -2.05. The van der Waals surface area contributed by atoms with Gasteiger partial charge >= 0.3 is 0 Å². The molecule has 0 atom stereocenters. The van der Waals surface area contributed by atoms with Crippen LogP contribution in [0.1, 0.15) is 5.56 Å². The van der Waals surface area contributed by atoms with Crippen molar-refractivity contribution in [3.05, 3.63) is 56.7 Å². The number of aryl methyl sites for hydroxylation is 1. The zero-order valence-corrected chi connectivity index (χ0v) is 13.9. The van der Waals surface area contributed by atoms with E-state index in [1.54, 1.807) is 19.1 Å². The van der Waals surface area contributed by atoms with E-state index in [9.17, 15) is 9.59 Å². The third-order valence-electron chi connectivity index (χ3n) is 3.00. The molecule has 23 heavy (non-hydrogen) atoms. The van der Waals surface area contributed by atoms with E-state index in [2.05, 4.69) is 10.3 Å². The van der Waals surface area contributed by atoms with Crippen LogP contribution in [-0.4, -0.2) is 28.6 Å². The molecule has 8 heteroatoms. The minimum atomic E-state index is -0.315. The number of amides is 1. The maximum atomic E-state index is 11.8. The molecule has 6 nitrogen and oxygen atoms in total. The highest BCUT2D eigenvalue weighted by atomic mass is 35.5. The molecular weight excluding hydrogens is 341 g/mol. The standard InChI is InChI=1S/C15H15Cl2N3O3/c1-10-7-18-9-20(15(10)22)5-4-19-14(21)8-23-13-3-2-11(16)6-12(13)17/h2-3,6-7,9H,4-5,8H2,1H3,(H,19,21). The van der Waals surface area contributed by atoms with Crippen molar-refractivity contribution in [1.82, 2.24) is 14.9 Å². The van der Waals surface area contributed by atoms with Crippen LogP contribution < -0.4 is 15.6 Å². The summed E-state index contributed by atoms with van der Waals surface area (Å²) in [5.41, 5.74) is 0.429. The molecule has 0 radical (unpaired) electrons. The summed E-state index contributed by atoms with van der Waals surface area (Å²) in [7, 11) is 0. The Kier molecular flexibility index (Phi) is 6.01. The van der Waals surface area contributed by atoms with Crippen LogP contribution >= 0.6 is 23.2 Å². The Morgan fingerprint density at radius 2 is 2.17 bits per heavy atom. The normalized spacial score (nSPS) is 10.4. The molecule has 0 saturated heterocycles. The van der Waals surface area contributed by atoms with Crippen LogP contribution in [-0.2, 0) is 11.3 Å². The number of aromatic nitrogens is 2. The van der Waals surface area contributed by atoms with Crippen LogP contribution in [0.5, 0.6) is 5.75 Å². The Morgan fingerprint density at radius 1 is 1.39 bits per heavy atom. The summed E-state index contributed by atoms with van der Waals surface area (Å²) >= 11 is 11.7. The van der Waals surface area contributed by atoms with Crippen molar-refractivity contribution in [3.63, 3.8) is 0 Å². The highest BCUT2D eigenvalue weighted by molar-refractivity contribution is 6.35. The molecule has 0 aliphatic carbocycles. The first-order chi connectivity index (χ1) is 11.0. The molecule has 0 unspecified atom stereocenters. The van der Waals surface area contributed by atoms with E-state index >= 15 is 0 Å². The van der Waals surface area contributed by atoms with Crippen LogP contribution in [0, 0.1) is 6.92 Å². The van der Waals surface area contributed by atoms with Gasteiger partial charge in [0.25, 0.3) is 11.5 Å². The van der Waals surface area contributed by atoms with Gasteiger partial charge in [-0.05, 0) is 25.1 Å². The predicted octanol–water partition coefficient (Wildman–Crippen LogP) is 2.05. The number of benzene rings is 1. The third-order valence-corrected chi connectivity index (χ3v) is 3.53. The Bertz CT molecular complexity index is 762. The van der Waals surface area contributed by atoms with Gasteiger partial charge in [0, 0.05) is 29.9 Å². The molecule has 0 saturated carbocycles. The van der Waals surface area contributed by atoms with Crippen LogP contribution in [0.25, 0.3) is 0 Å². The van der Waals surface area contributed by atoms with Gasteiger partial charge in [0.15, 0.2) is 6.61 Å². The largest absolute Gasteiger partial charge is 0.482 e. The fraction of sp³-hybridized carbons (Fsp3) is 0.267. The number of hydrogen-bond acceptors (Lipinski definition) is 4. The van der Waals surface area contributed by atoms with Crippen molar-refractivity contribution in [2.24, 2.45) is 0 Å². The van der Waals surface area contributed by atoms with E-state index < -0.39 is 0 Å². The Balaban J connectivity index is 1.79. The summed E-state index contributed by atoms with van der Waals surface area (Å²) in [6.45, 7) is 2.14. The second-order valence-electron chi connectivity index (χ2n) is 4.79. The van der Waals surface area contributed by atoms with Gasteiger partial charge in [-0.15, -0.1) is 0 Å². The molecule has 1 aromatic heterocycles. The molecule has 122 valence electrons. The number of nitrogens with zero attached hydrogens (tertiary/aromatic N) is 2. The lowest BCUT2D eigenvalue weighted by Gasteiger charge is -2.10. The number of hydrogen-bond donors (Lipinski definition) is 1. The molecule has 2 rings (SSSR count). The Morgan fingerprint density at radius 3 is 2.91 bits per heavy atom. The average Bonchev–Trinajstić information content (AvgIpc) is 2.50. The van der Waals surface area contributed by atoms with E-state index in [4.69, 9.17) is 27.9 Å². The molecule has 0 spiro atoms. The maximum Gasteiger partial charge on any atom is 0.258 e. The molecule has 0 aliphatic heterocycles. The molecule has 1 N–H and O–H groups in total. The second kappa shape index (κ2) is 7.99. The smallest absolute Gasteiger partial charge is 0.258 e. The number of carbonyl (C=O) groups excluding carboxylic acids is 1. The molecule has 1 heterocycles. The summed E-state index contributed by atoms with van der Waals surface area (Å²) < 4.78 is 6.75. The fourth-order valence-electron chi connectivity index (χ4n) is 1.82. The average molecular weight is 356 g/mol.